The third-order valence-electron chi connectivity index (χ3n) is 3.25. The molecule has 1 heterocycles. The maximum atomic E-state index is 12.1. The number of hydrogen-bond acceptors (Lipinski definition) is 4. The van der Waals surface area contributed by atoms with Crippen molar-refractivity contribution in [3.8, 4) is 0 Å². The fourth-order valence-corrected chi connectivity index (χ4v) is 3.81. The number of sulfonamides is 1. The Morgan fingerprint density at radius 3 is 2.78 bits per heavy atom. The molecule has 1 unspecified atom stereocenters. The number of carbonyl (C=O) groups excluding carboxylic acids is 1. The van der Waals surface area contributed by atoms with Gasteiger partial charge in [0.25, 0.3) is 0 Å². The molecule has 0 radical (unpaired) electrons. The van der Waals surface area contributed by atoms with E-state index in [0.29, 0.717) is 32.5 Å². The lowest BCUT2D eigenvalue weighted by atomic mass is 9.99. The predicted octanol–water partition coefficient (Wildman–Crippen LogP) is -0.487. The van der Waals surface area contributed by atoms with Gasteiger partial charge in [-0.05, 0) is 32.2 Å². The first-order valence-corrected chi connectivity index (χ1v) is 8.01. The van der Waals surface area contributed by atoms with Crippen molar-refractivity contribution < 1.29 is 13.2 Å². The molecule has 0 saturated carbocycles. The summed E-state index contributed by atoms with van der Waals surface area (Å²) < 4.78 is 25.6. The molecule has 106 valence electrons. The van der Waals surface area contributed by atoms with Gasteiger partial charge in [0.15, 0.2) is 0 Å². The van der Waals surface area contributed by atoms with Crippen LogP contribution in [0.3, 0.4) is 0 Å². The van der Waals surface area contributed by atoms with Gasteiger partial charge in [0.2, 0.25) is 15.9 Å². The van der Waals surface area contributed by atoms with Crippen molar-refractivity contribution in [3.05, 3.63) is 0 Å². The van der Waals surface area contributed by atoms with Crippen LogP contribution in [0.1, 0.15) is 25.7 Å². The van der Waals surface area contributed by atoms with Crippen LogP contribution in [0.15, 0.2) is 0 Å². The summed E-state index contributed by atoms with van der Waals surface area (Å²) in [7, 11) is -1.65. The molecule has 1 fully saturated rings. The second-order valence-corrected chi connectivity index (χ2v) is 6.71. The maximum Gasteiger partial charge on any atom is 0.224 e. The highest BCUT2D eigenvalue weighted by molar-refractivity contribution is 7.89. The summed E-state index contributed by atoms with van der Waals surface area (Å²) in [6, 6.07) is 0. The number of unbranched alkanes of at least 4 members (excludes halogenated alkanes) is 1. The minimum atomic E-state index is -3.23. The average Bonchev–Trinajstić information content (AvgIpc) is 2.38. The first kappa shape index (κ1) is 15.4. The number of nitrogens with two attached hydrogens (primary N) is 1. The van der Waals surface area contributed by atoms with Gasteiger partial charge >= 0.3 is 0 Å². The summed E-state index contributed by atoms with van der Waals surface area (Å²) in [4.78, 5) is 11.6. The normalized spacial score (nSPS) is 21.8. The molecular weight excluding hydrogens is 254 g/mol. The van der Waals surface area contributed by atoms with Crippen molar-refractivity contribution in [2.45, 2.75) is 25.7 Å². The van der Waals surface area contributed by atoms with Crippen LogP contribution in [0, 0.1) is 5.92 Å². The lowest BCUT2D eigenvalue weighted by Gasteiger charge is -2.30. The second-order valence-electron chi connectivity index (χ2n) is 4.62. The maximum absolute atomic E-state index is 12.1. The second kappa shape index (κ2) is 7.06. The molecule has 0 aromatic rings. The Balaban J connectivity index is 2.57. The first-order valence-electron chi connectivity index (χ1n) is 6.40. The number of piperidine rings is 1. The van der Waals surface area contributed by atoms with E-state index in [1.165, 1.54) is 4.31 Å². The monoisotopic (exact) mass is 277 g/mol. The van der Waals surface area contributed by atoms with Crippen molar-refractivity contribution in [3.63, 3.8) is 0 Å². The van der Waals surface area contributed by atoms with E-state index < -0.39 is 10.0 Å². The lowest BCUT2D eigenvalue weighted by molar-refractivity contribution is -0.125. The van der Waals surface area contributed by atoms with Gasteiger partial charge in [0.05, 0.1) is 11.7 Å². The third-order valence-corrected chi connectivity index (χ3v) is 5.17. The van der Waals surface area contributed by atoms with E-state index in [0.717, 1.165) is 12.8 Å². The number of nitrogens with one attached hydrogen (secondary N) is 1. The van der Waals surface area contributed by atoms with Crippen LogP contribution in [-0.4, -0.2) is 51.1 Å². The topological polar surface area (TPSA) is 92.5 Å². The lowest BCUT2D eigenvalue weighted by Crippen LogP contribution is -2.45. The molecule has 1 amide bonds. The highest BCUT2D eigenvalue weighted by Gasteiger charge is 2.31. The van der Waals surface area contributed by atoms with Gasteiger partial charge in [0.1, 0.15) is 0 Å². The molecule has 7 heteroatoms. The molecule has 3 N–H and O–H groups in total. The highest BCUT2D eigenvalue weighted by atomic mass is 32.2. The summed E-state index contributed by atoms with van der Waals surface area (Å²) in [5.74, 6) is -0.158. The fraction of sp³-hybridized carbons (Fsp3) is 0.909. The Labute approximate surface area is 109 Å². The highest BCUT2D eigenvalue weighted by Crippen LogP contribution is 2.20. The minimum absolute atomic E-state index is 0.0724. The fourth-order valence-electron chi connectivity index (χ4n) is 2.17. The predicted molar refractivity (Wildman–Crippen MR) is 70.4 cm³/mol. The summed E-state index contributed by atoms with van der Waals surface area (Å²) in [5.41, 5.74) is 5.35. The SMILES string of the molecule is CNC(=O)C1CCCN(S(=O)(=O)CCCCN)C1. The molecular formula is C11H23N3O3S. The van der Waals surface area contributed by atoms with Gasteiger partial charge in [0, 0.05) is 20.1 Å². The van der Waals surface area contributed by atoms with Gasteiger partial charge in [-0.15, -0.1) is 0 Å². The number of amides is 1. The van der Waals surface area contributed by atoms with E-state index in [2.05, 4.69) is 5.32 Å². The van der Waals surface area contributed by atoms with Crippen LogP contribution in [0.5, 0.6) is 0 Å². The Hall–Kier alpha value is -0.660. The summed E-state index contributed by atoms with van der Waals surface area (Å²) in [5, 5.41) is 2.58. The van der Waals surface area contributed by atoms with E-state index in [9.17, 15) is 13.2 Å². The van der Waals surface area contributed by atoms with Gasteiger partial charge in [-0.3, -0.25) is 4.79 Å². The Morgan fingerprint density at radius 2 is 2.17 bits per heavy atom. The Kier molecular flexibility index (Phi) is 6.04. The Bertz CT molecular complexity index is 370. The molecule has 1 atom stereocenters. The molecule has 1 aliphatic heterocycles. The van der Waals surface area contributed by atoms with Crippen molar-refractivity contribution in [2.24, 2.45) is 11.7 Å². The van der Waals surface area contributed by atoms with E-state index in [4.69, 9.17) is 5.73 Å². The summed E-state index contributed by atoms with van der Waals surface area (Å²) in [6.07, 6.45) is 2.80. The largest absolute Gasteiger partial charge is 0.359 e. The van der Waals surface area contributed by atoms with Crippen LogP contribution in [-0.2, 0) is 14.8 Å². The van der Waals surface area contributed by atoms with Crippen LogP contribution < -0.4 is 11.1 Å². The number of nitrogens with zero attached hydrogens (tertiary/aromatic N) is 1. The van der Waals surface area contributed by atoms with Crippen LogP contribution in [0.4, 0.5) is 0 Å². The molecule has 6 nitrogen and oxygen atoms in total. The standard InChI is InChI=1S/C11H23N3O3S/c1-13-11(15)10-5-4-7-14(9-10)18(16,17)8-3-2-6-12/h10H,2-9,12H2,1H3,(H,13,15). The van der Waals surface area contributed by atoms with E-state index >= 15 is 0 Å². The van der Waals surface area contributed by atoms with Gasteiger partial charge in [-0.2, -0.15) is 0 Å². The van der Waals surface area contributed by atoms with Crippen molar-refractivity contribution in [1.82, 2.24) is 9.62 Å². The Morgan fingerprint density at radius 1 is 1.44 bits per heavy atom. The molecule has 18 heavy (non-hydrogen) atoms. The summed E-state index contributed by atoms with van der Waals surface area (Å²) in [6.45, 7) is 1.35. The van der Waals surface area contributed by atoms with Crippen molar-refractivity contribution in [1.29, 1.82) is 0 Å². The van der Waals surface area contributed by atoms with Gasteiger partial charge < -0.3 is 11.1 Å². The minimum Gasteiger partial charge on any atom is -0.359 e. The van der Waals surface area contributed by atoms with E-state index in [1.54, 1.807) is 7.05 Å². The first-order chi connectivity index (χ1) is 8.51. The molecule has 0 spiro atoms. The summed E-state index contributed by atoms with van der Waals surface area (Å²) >= 11 is 0. The smallest absolute Gasteiger partial charge is 0.224 e. The van der Waals surface area contributed by atoms with Crippen molar-refractivity contribution in [2.75, 3.05) is 32.4 Å². The molecule has 1 rings (SSSR count). The third kappa shape index (κ3) is 4.22. The number of rotatable bonds is 6. The number of carbonyl (C=O) groups is 1. The van der Waals surface area contributed by atoms with E-state index in [1.807, 2.05) is 0 Å². The molecule has 1 saturated heterocycles. The molecule has 0 aliphatic carbocycles. The number of hydrogen-bond donors (Lipinski definition) is 2. The zero-order valence-electron chi connectivity index (χ0n) is 10.9. The van der Waals surface area contributed by atoms with Crippen LogP contribution in [0.2, 0.25) is 0 Å². The zero-order chi connectivity index (χ0) is 13.6. The zero-order valence-corrected chi connectivity index (χ0v) is 11.7. The van der Waals surface area contributed by atoms with Gasteiger partial charge in [-0.25, -0.2) is 12.7 Å². The molecule has 0 bridgehead atoms. The van der Waals surface area contributed by atoms with Gasteiger partial charge in [-0.1, -0.05) is 0 Å². The molecule has 1 aliphatic rings. The quantitative estimate of drug-likeness (QED) is 0.641. The average molecular weight is 277 g/mol. The van der Waals surface area contributed by atoms with E-state index in [-0.39, 0.29) is 17.6 Å². The van der Waals surface area contributed by atoms with Crippen LogP contribution in [0.25, 0.3) is 0 Å². The van der Waals surface area contributed by atoms with Crippen LogP contribution >= 0.6 is 0 Å². The van der Waals surface area contributed by atoms with Crippen molar-refractivity contribution >= 4 is 15.9 Å². The molecule has 0 aromatic carbocycles. The molecule has 0 aromatic heterocycles.